The van der Waals surface area contributed by atoms with Gasteiger partial charge in [0, 0.05) is 13.0 Å². The monoisotopic (exact) mass is 433 g/mol. The summed E-state index contributed by atoms with van der Waals surface area (Å²) in [5.41, 5.74) is 3.91. The van der Waals surface area contributed by atoms with Gasteiger partial charge in [-0.05, 0) is 31.5 Å². The van der Waals surface area contributed by atoms with Crippen LogP contribution in [0.1, 0.15) is 45.3 Å². The van der Waals surface area contributed by atoms with Crippen LogP contribution in [-0.2, 0) is 4.74 Å². The molecule has 3 aromatic rings. The molecule has 3 heterocycles. The molecular weight excluding hydrogens is 404 g/mol. The van der Waals surface area contributed by atoms with Gasteiger partial charge in [-0.15, -0.1) is 0 Å². The molecule has 0 spiro atoms. The minimum atomic E-state index is -0.418. The highest BCUT2D eigenvalue weighted by molar-refractivity contribution is 5.99. The van der Waals surface area contributed by atoms with Crippen molar-refractivity contribution in [3.8, 4) is 0 Å². The van der Waals surface area contributed by atoms with Gasteiger partial charge in [0.05, 0.1) is 36.8 Å². The van der Waals surface area contributed by atoms with Gasteiger partial charge in [-0.3, -0.25) is 9.59 Å². The predicted octanol–water partition coefficient (Wildman–Crippen LogP) is 2.26. The van der Waals surface area contributed by atoms with Crippen LogP contribution in [0.2, 0.25) is 0 Å². The van der Waals surface area contributed by atoms with Crippen LogP contribution in [0.25, 0.3) is 11.0 Å². The van der Waals surface area contributed by atoms with Gasteiger partial charge in [0.25, 0.3) is 5.91 Å². The second-order valence-corrected chi connectivity index (χ2v) is 8.95. The molecule has 1 aromatic heterocycles. The Morgan fingerprint density at radius 2 is 1.72 bits per heavy atom. The third-order valence-electron chi connectivity index (χ3n) is 6.64. The number of morpholine rings is 1. The number of nitrogens with zero attached hydrogens (tertiary/aromatic N) is 1. The molecule has 1 atom stereocenters. The molecule has 5 rings (SSSR count). The van der Waals surface area contributed by atoms with Gasteiger partial charge in [0.2, 0.25) is 5.76 Å². The summed E-state index contributed by atoms with van der Waals surface area (Å²) < 4.78 is 11.5. The molecule has 6 heteroatoms. The second kappa shape index (κ2) is 8.52. The molecule has 1 amide bonds. The first-order valence-corrected chi connectivity index (χ1v) is 11.4. The van der Waals surface area contributed by atoms with Crippen LogP contribution in [0.15, 0.2) is 51.7 Å². The zero-order chi connectivity index (χ0) is 22.2. The molecule has 2 aliphatic rings. The quantitative estimate of drug-likeness (QED) is 0.671. The standard InChI is InChI=1S/C26H28N2O4/c1-17-4-7-19(8-5-17)23-22-24(29)20-16-18(2)6-9-21(20)32-25(22)26(30)28(23)11-3-10-27-12-14-31-15-13-27/h4-9,16,23H,3,10-15H2,1-2H3/p+1. The summed E-state index contributed by atoms with van der Waals surface area (Å²) in [7, 11) is 0. The van der Waals surface area contributed by atoms with E-state index in [1.165, 1.54) is 4.90 Å². The summed E-state index contributed by atoms with van der Waals surface area (Å²) in [6, 6.07) is 13.2. The normalized spacial score (nSPS) is 19.0. The Hall–Kier alpha value is -2.96. The summed E-state index contributed by atoms with van der Waals surface area (Å²) in [6.45, 7) is 9.13. The average molecular weight is 434 g/mol. The van der Waals surface area contributed by atoms with Crippen molar-refractivity contribution in [1.82, 2.24) is 4.90 Å². The zero-order valence-corrected chi connectivity index (χ0v) is 18.6. The molecule has 0 saturated carbocycles. The lowest BCUT2D eigenvalue weighted by Crippen LogP contribution is -3.14. The van der Waals surface area contributed by atoms with Gasteiger partial charge in [0.1, 0.15) is 18.7 Å². The van der Waals surface area contributed by atoms with Crippen LogP contribution in [0.5, 0.6) is 0 Å². The number of ether oxygens (including phenoxy) is 1. The van der Waals surface area contributed by atoms with E-state index in [9.17, 15) is 9.59 Å². The number of hydrogen-bond acceptors (Lipinski definition) is 4. The topological polar surface area (TPSA) is 64.2 Å². The third kappa shape index (κ3) is 3.74. The van der Waals surface area contributed by atoms with Crippen molar-refractivity contribution in [2.45, 2.75) is 26.3 Å². The maximum atomic E-state index is 13.6. The van der Waals surface area contributed by atoms with Crippen molar-refractivity contribution in [2.75, 3.05) is 39.4 Å². The molecule has 1 N–H and O–H groups in total. The number of quaternary nitrogens is 1. The van der Waals surface area contributed by atoms with Crippen LogP contribution < -0.4 is 10.3 Å². The Balaban J connectivity index is 1.53. The third-order valence-corrected chi connectivity index (χ3v) is 6.64. The molecule has 6 nitrogen and oxygen atoms in total. The van der Waals surface area contributed by atoms with E-state index >= 15 is 0 Å². The largest absolute Gasteiger partial charge is 0.450 e. The van der Waals surface area contributed by atoms with E-state index in [0.29, 0.717) is 23.1 Å². The fourth-order valence-corrected chi connectivity index (χ4v) is 4.87. The Morgan fingerprint density at radius 3 is 2.47 bits per heavy atom. The Kier molecular flexibility index (Phi) is 5.57. The maximum absolute atomic E-state index is 13.6. The number of carbonyl (C=O) groups excluding carboxylic acids is 1. The van der Waals surface area contributed by atoms with Crippen molar-refractivity contribution in [1.29, 1.82) is 0 Å². The zero-order valence-electron chi connectivity index (χ0n) is 18.6. The predicted molar refractivity (Wildman–Crippen MR) is 122 cm³/mol. The molecule has 1 saturated heterocycles. The number of fused-ring (bicyclic) bond motifs is 2. The number of rotatable bonds is 5. The van der Waals surface area contributed by atoms with Crippen LogP contribution in [-0.4, -0.2) is 50.2 Å². The first-order chi connectivity index (χ1) is 15.5. The first kappa shape index (κ1) is 20.9. The second-order valence-electron chi connectivity index (χ2n) is 8.95. The van der Waals surface area contributed by atoms with Crippen molar-refractivity contribution < 1.29 is 18.8 Å². The lowest BCUT2D eigenvalue weighted by molar-refractivity contribution is -0.908. The van der Waals surface area contributed by atoms with E-state index in [4.69, 9.17) is 9.15 Å². The SMILES string of the molecule is Cc1ccc(C2c3c(oc4ccc(C)cc4c3=O)C(=O)N2CCC[NH+]2CCOCC2)cc1. The Morgan fingerprint density at radius 1 is 1.00 bits per heavy atom. The van der Waals surface area contributed by atoms with Crippen LogP contribution in [0.3, 0.4) is 0 Å². The molecule has 1 fully saturated rings. The van der Waals surface area contributed by atoms with E-state index in [-0.39, 0.29) is 17.1 Å². The van der Waals surface area contributed by atoms with Gasteiger partial charge < -0.3 is 19.0 Å². The molecule has 2 aromatic carbocycles. The van der Waals surface area contributed by atoms with Crippen LogP contribution in [0.4, 0.5) is 0 Å². The van der Waals surface area contributed by atoms with E-state index in [0.717, 1.165) is 56.0 Å². The number of hydrogen-bond donors (Lipinski definition) is 1. The Labute approximate surface area is 187 Å². The molecule has 32 heavy (non-hydrogen) atoms. The van der Waals surface area contributed by atoms with Crippen molar-refractivity contribution in [3.05, 3.63) is 80.7 Å². The van der Waals surface area contributed by atoms with Gasteiger partial charge in [-0.2, -0.15) is 0 Å². The number of amides is 1. The van der Waals surface area contributed by atoms with Crippen molar-refractivity contribution >= 4 is 16.9 Å². The van der Waals surface area contributed by atoms with E-state index in [1.807, 2.05) is 55.1 Å². The van der Waals surface area contributed by atoms with E-state index in [2.05, 4.69) is 0 Å². The molecular formula is C26H29N2O4+. The summed E-state index contributed by atoms with van der Waals surface area (Å²) in [4.78, 5) is 30.4. The number of nitrogens with one attached hydrogen (secondary N) is 1. The summed E-state index contributed by atoms with van der Waals surface area (Å²) in [5.74, 6) is -0.00206. The smallest absolute Gasteiger partial charge is 0.290 e. The fraction of sp³-hybridized carbons (Fsp3) is 0.385. The van der Waals surface area contributed by atoms with E-state index < -0.39 is 6.04 Å². The van der Waals surface area contributed by atoms with Gasteiger partial charge >= 0.3 is 0 Å². The average Bonchev–Trinajstić information content (AvgIpc) is 3.08. The molecule has 166 valence electrons. The number of aryl methyl sites for hydroxylation is 2. The Bertz CT molecular complexity index is 1210. The lowest BCUT2D eigenvalue weighted by Gasteiger charge is -2.27. The summed E-state index contributed by atoms with van der Waals surface area (Å²) >= 11 is 0. The molecule has 0 radical (unpaired) electrons. The summed E-state index contributed by atoms with van der Waals surface area (Å²) in [5, 5.41) is 0.535. The highest BCUT2D eigenvalue weighted by Crippen LogP contribution is 2.38. The van der Waals surface area contributed by atoms with E-state index in [1.54, 1.807) is 6.07 Å². The van der Waals surface area contributed by atoms with Crippen LogP contribution in [0, 0.1) is 13.8 Å². The molecule has 2 aliphatic heterocycles. The molecule has 0 aliphatic carbocycles. The van der Waals surface area contributed by atoms with Gasteiger partial charge in [-0.25, -0.2) is 0 Å². The minimum absolute atomic E-state index is 0.106. The molecule has 0 bridgehead atoms. The van der Waals surface area contributed by atoms with Crippen molar-refractivity contribution in [3.63, 3.8) is 0 Å². The number of benzene rings is 2. The fourth-order valence-electron chi connectivity index (χ4n) is 4.87. The van der Waals surface area contributed by atoms with Gasteiger partial charge in [0.15, 0.2) is 5.43 Å². The highest BCUT2D eigenvalue weighted by atomic mass is 16.5. The summed E-state index contributed by atoms with van der Waals surface area (Å²) in [6.07, 6.45) is 0.865. The maximum Gasteiger partial charge on any atom is 0.290 e. The number of carbonyl (C=O) groups is 1. The molecule has 1 unspecified atom stereocenters. The van der Waals surface area contributed by atoms with Crippen molar-refractivity contribution in [2.24, 2.45) is 0 Å². The minimum Gasteiger partial charge on any atom is -0.450 e. The lowest BCUT2D eigenvalue weighted by atomic mass is 9.97. The first-order valence-electron chi connectivity index (χ1n) is 11.4. The highest BCUT2D eigenvalue weighted by Gasteiger charge is 2.42. The van der Waals surface area contributed by atoms with Crippen LogP contribution >= 0.6 is 0 Å². The van der Waals surface area contributed by atoms with Gasteiger partial charge in [-0.1, -0.05) is 41.5 Å².